The summed E-state index contributed by atoms with van der Waals surface area (Å²) >= 11 is 1.19. The van der Waals surface area contributed by atoms with Crippen LogP contribution in [0.5, 0.6) is 5.75 Å². The molecule has 4 rings (SSSR count). The van der Waals surface area contributed by atoms with Crippen molar-refractivity contribution in [2.45, 2.75) is 26.8 Å². The molecule has 1 atom stereocenters. The maximum atomic E-state index is 13.0. The number of nitrogens with zero attached hydrogens (tertiary/aromatic N) is 1. The third kappa shape index (κ3) is 3.50. The highest BCUT2D eigenvalue weighted by molar-refractivity contribution is 7.20. The maximum Gasteiger partial charge on any atom is 0.262 e. The normalized spacial score (nSPS) is 12.1. The second kappa shape index (κ2) is 7.79. The molecule has 3 heterocycles. The molecule has 0 fully saturated rings. The number of hydrogen-bond acceptors (Lipinski definition) is 6. The average Bonchev–Trinajstić information content (AvgIpc) is 3.36. The number of aryl methyl sites for hydroxylation is 2. The first-order valence-electron chi connectivity index (χ1n) is 9.41. The zero-order chi connectivity index (χ0) is 21.4. The molecule has 0 unspecified atom stereocenters. The van der Waals surface area contributed by atoms with Gasteiger partial charge in [0.15, 0.2) is 11.6 Å². The number of fused-ring (bicyclic) bond motifs is 1. The second-order valence-corrected chi connectivity index (χ2v) is 8.07. The van der Waals surface area contributed by atoms with Gasteiger partial charge in [0.25, 0.3) is 11.5 Å². The lowest BCUT2D eigenvalue weighted by Gasteiger charge is -2.18. The van der Waals surface area contributed by atoms with E-state index in [0.717, 1.165) is 11.1 Å². The molecule has 1 amide bonds. The fourth-order valence-electron chi connectivity index (χ4n) is 3.42. The number of benzene rings is 1. The van der Waals surface area contributed by atoms with E-state index in [1.807, 2.05) is 32.0 Å². The van der Waals surface area contributed by atoms with Crippen LogP contribution in [0.3, 0.4) is 0 Å². The van der Waals surface area contributed by atoms with Gasteiger partial charge in [0.1, 0.15) is 10.6 Å². The van der Waals surface area contributed by atoms with E-state index in [4.69, 9.17) is 9.15 Å². The van der Waals surface area contributed by atoms with Crippen LogP contribution < -0.4 is 15.6 Å². The second-order valence-electron chi connectivity index (χ2n) is 7.07. The summed E-state index contributed by atoms with van der Waals surface area (Å²) in [6.45, 7) is 5.65. The van der Waals surface area contributed by atoms with E-state index in [-0.39, 0.29) is 17.5 Å². The highest BCUT2D eigenvalue weighted by Gasteiger charge is 2.22. The van der Waals surface area contributed by atoms with Crippen molar-refractivity contribution in [2.24, 2.45) is 0 Å². The molecule has 0 aliphatic heterocycles. The van der Waals surface area contributed by atoms with Crippen molar-refractivity contribution in [3.8, 4) is 17.3 Å². The van der Waals surface area contributed by atoms with Crippen LogP contribution in [0.2, 0.25) is 0 Å². The molecule has 0 saturated heterocycles. The minimum atomic E-state index is -0.299. The number of nitrogens with one attached hydrogen (secondary N) is 2. The Labute approximate surface area is 176 Å². The summed E-state index contributed by atoms with van der Waals surface area (Å²) in [6.07, 6.45) is 1.51. The van der Waals surface area contributed by atoms with Crippen molar-refractivity contribution >= 4 is 27.5 Å². The van der Waals surface area contributed by atoms with Gasteiger partial charge in [0.05, 0.1) is 29.7 Å². The van der Waals surface area contributed by atoms with Gasteiger partial charge >= 0.3 is 0 Å². The van der Waals surface area contributed by atoms with Crippen molar-refractivity contribution in [3.05, 3.63) is 68.5 Å². The number of thiophene rings is 1. The first-order chi connectivity index (χ1) is 14.4. The number of amides is 1. The third-order valence-electron chi connectivity index (χ3n) is 4.96. The molecular weight excluding hydrogens is 402 g/mol. The van der Waals surface area contributed by atoms with Gasteiger partial charge in [-0.3, -0.25) is 9.59 Å². The van der Waals surface area contributed by atoms with E-state index in [2.05, 4.69) is 15.3 Å². The molecular formula is C22H21N3O4S. The van der Waals surface area contributed by atoms with E-state index < -0.39 is 0 Å². The van der Waals surface area contributed by atoms with Crippen LogP contribution in [0.4, 0.5) is 0 Å². The average molecular weight is 423 g/mol. The van der Waals surface area contributed by atoms with Crippen LogP contribution >= 0.6 is 11.3 Å². The van der Waals surface area contributed by atoms with Gasteiger partial charge in [-0.25, -0.2) is 4.98 Å². The minimum absolute atomic E-state index is 0.259. The topological polar surface area (TPSA) is 97.2 Å². The maximum absolute atomic E-state index is 13.0. The molecule has 30 heavy (non-hydrogen) atoms. The number of aromatic amines is 1. The van der Waals surface area contributed by atoms with Crippen molar-refractivity contribution < 1.29 is 13.9 Å². The highest BCUT2D eigenvalue weighted by atomic mass is 32.1. The minimum Gasteiger partial charge on any atom is -0.496 e. The van der Waals surface area contributed by atoms with E-state index in [1.165, 1.54) is 17.6 Å². The molecule has 3 aromatic heterocycles. The molecule has 4 aromatic rings. The quantitative estimate of drug-likeness (QED) is 0.497. The number of ether oxygens (including phenoxy) is 1. The summed E-state index contributed by atoms with van der Waals surface area (Å²) in [6, 6.07) is 9.00. The van der Waals surface area contributed by atoms with Gasteiger partial charge in [-0.2, -0.15) is 0 Å². The fraction of sp³-hybridized carbons (Fsp3) is 0.227. The first-order valence-corrected chi connectivity index (χ1v) is 10.2. The molecule has 2 N–H and O–H groups in total. The number of aromatic nitrogens is 2. The molecule has 0 spiro atoms. The van der Waals surface area contributed by atoms with E-state index in [0.29, 0.717) is 38.0 Å². The molecule has 0 aliphatic rings. The van der Waals surface area contributed by atoms with Crippen LogP contribution in [0.1, 0.15) is 39.3 Å². The third-order valence-corrected chi connectivity index (χ3v) is 6.15. The zero-order valence-corrected chi connectivity index (χ0v) is 17.8. The number of carbonyl (C=O) groups excluding carboxylic acids is 1. The molecule has 154 valence electrons. The van der Waals surface area contributed by atoms with Crippen LogP contribution in [0.25, 0.3) is 21.8 Å². The molecule has 7 nitrogen and oxygen atoms in total. The molecule has 0 aliphatic carbocycles. The summed E-state index contributed by atoms with van der Waals surface area (Å²) in [5.41, 5.74) is 2.27. The number of rotatable bonds is 5. The van der Waals surface area contributed by atoms with Crippen molar-refractivity contribution in [1.29, 1.82) is 0 Å². The molecule has 1 aromatic carbocycles. The van der Waals surface area contributed by atoms with Gasteiger partial charge in [0.2, 0.25) is 0 Å². The predicted molar refractivity (Wildman–Crippen MR) is 116 cm³/mol. The smallest absolute Gasteiger partial charge is 0.262 e. The number of hydrogen-bond donors (Lipinski definition) is 2. The largest absolute Gasteiger partial charge is 0.496 e. The Morgan fingerprint density at radius 2 is 2.10 bits per heavy atom. The molecule has 8 heteroatoms. The van der Waals surface area contributed by atoms with Crippen LogP contribution in [0, 0.1) is 13.8 Å². The number of furan rings is 1. The molecule has 0 saturated carbocycles. The Balaban J connectivity index is 1.68. The Morgan fingerprint density at radius 3 is 2.80 bits per heavy atom. The van der Waals surface area contributed by atoms with Gasteiger partial charge < -0.3 is 19.5 Å². The number of carbonyl (C=O) groups is 1. The molecule has 0 bridgehead atoms. The highest BCUT2D eigenvalue weighted by Crippen LogP contribution is 2.30. The van der Waals surface area contributed by atoms with Crippen molar-refractivity contribution in [3.63, 3.8) is 0 Å². The molecule has 0 radical (unpaired) electrons. The van der Waals surface area contributed by atoms with E-state index in [9.17, 15) is 9.59 Å². The monoisotopic (exact) mass is 423 g/mol. The van der Waals surface area contributed by atoms with Gasteiger partial charge in [-0.05, 0) is 44.5 Å². The Bertz CT molecular complexity index is 1290. The Hall–Kier alpha value is -3.39. The standard InChI is InChI=1S/C22H21N3O4S/c1-11-7-8-15(28-4)14(10-11)13(3)23-21(27)18-12(2)17-20(26)24-19(25-22(17)30-18)16-6-5-9-29-16/h5-10,13H,1-4H3,(H,23,27)(H,24,25,26)/t13-/m0/s1. The first kappa shape index (κ1) is 19.9. The van der Waals surface area contributed by atoms with Crippen LogP contribution in [-0.4, -0.2) is 23.0 Å². The summed E-state index contributed by atoms with van der Waals surface area (Å²) < 4.78 is 10.8. The summed E-state index contributed by atoms with van der Waals surface area (Å²) in [4.78, 5) is 33.8. The van der Waals surface area contributed by atoms with Gasteiger partial charge in [-0.15, -0.1) is 11.3 Å². The summed E-state index contributed by atoms with van der Waals surface area (Å²) in [7, 11) is 1.60. The van der Waals surface area contributed by atoms with E-state index in [1.54, 1.807) is 26.2 Å². The Morgan fingerprint density at radius 1 is 1.30 bits per heavy atom. The number of H-pyrrole nitrogens is 1. The summed E-state index contributed by atoms with van der Waals surface area (Å²) in [5, 5.41) is 3.43. The van der Waals surface area contributed by atoms with Crippen molar-refractivity contribution in [2.75, 3.05) is 7.11 Å². The summed E-state index contributed by atoms with van der Waals surface area (Å²) in [5.74, 6) is 1.25. The fourth-order valence-corrected chi connectivity index (χ4v) is 4.51. The van der Waals surface area contributed by atoms with Crippen LogP contribution in [0.15, 0.2) is 45.8 Å². The van der Waals surface area contributed by atoms with Crippen molar-refractivity contribution in [1.82, 2.24) is 15.3 Å². The van der Waals surface area contributed by atoms with Gasteiger partial charge in [-0.1, -0.05) is 17.7 Å². The lowest BCUT2D eigenvalue weighted by atomic mass is 10.0. The predicted octanol–water partition coefficient (Wildman–Crippen LogP) is 4.36. The zero-order valence-electron chi connectivity index (χ0n) is 17.0. The van der Waals surface area contributed by atoms with Gasteiger partial charge in [0, 0.05) is 5.56 Å². The van der Waals surface area contributed by atoms with E-state index >= 15 is 0 Å². The SMILES string of the molecule is COc1ccc(C)cc1[C@H](C)NC(=O)c1sc2nc(-c3ccco3)[nH]c(=O)c2c1C. The lowest BCUT2D eigenvalue weighted by molar-refractivity contribution is 0.0943. The number of methoxy groups -OCH3 is 1. The van der Waals surface area contributed by atoms with Crippen LogP contribution in [-0.2, 0) is 0 Å². The lowest BCUT2D eigenvalue weighted by Crippen LogP contribution is -2.26. The Kier molecular flexibility index (Phi) is 5.17.